The van der Waals surface area contributed by atoms with Gasteiger partial charge in [-0.15, -0.1) is 5.10 Å². The van der Waals surface area contributed by atoms with Crippen molar-refractivity contribution in [2.24, 2.45) is 10.2 Å². The Balaban J connectivity index is 1.55. The summed E-state index contributed by atoms with van der Waals surface area (Å²) in [6, 6.07) is 13.9. The summed E-state index contributed by atoms with van der Waals surface area (Å²) >= 11 is 12.9. The third kappa shape index (κ3) is 5.82. The molecule has 27 heavy (non-hydrogen) atoms. The van der Waals surface area contributed by atoms with Crippen LogP contribution in [-0.4, -0.2) is 28.4 Å². The first kappa shape index (κ1) is 19.4. The standard InChI is InChI=1S/C18H14Cl2N4O2S/c19-12-6-4-11(5-7-12)10-21-24-18-23-17(26)15(27-18)9-16(25)22-14-3-1-2-13(20)8-14/h1-8,10,15H,9H2,(H,22,25)(H,23,24,26). The Labute approximate surface area is 170 Å². The van der Waals surface area contributed by atoms with Crippen LogP contribution in [-0.2, 0) is 9.59 Å². The third-order valence-electron chi connectivity index (χ3n) is 3.48. The molecule has 0 saturated carbocycles. The van der Waals surface area contributed by atoms with Crippen LogP contribution >= 0.6 is 35.0 Å². The summed E-state index contributed by atoms with van der Waals surface area (Å²) in [7, 11) is 0. The molecular formula is C18H14Cl2N4O2S. The molecule has 1 aliphatic heterocycles. The molecular weight excluding hydrogens is 407 g/mol. The van der Waals surface area contributed by atoms with Gasteiger partial charge in [-0.1, -0.05) is 53.2 Å². The molecule has 138 valence electrons. The van der Waals surface area contributed by atoms with Crippen LogP contribution < -0.4 is 10.6 Å². The van der Waals surface area contributed by atoms with Crippen molar-refractivity contribution >= 4 is 63.8 Å². The molecule has 0 radical (unpaired) electrons. The predicted molar refractivity (Wildman–Crippen MR) is 111 cm³/mol. The molecule has 1 fully saturated rings. The SMILES string of the molecule is O=C(CC1S/C(=N\N=Cc2ccc(Cl)cc2)NC1=O)Nc1cccc(Cl)c1. The molecule has 2 N–H and O–H groups in total. The van der Waals surface area contributed by atoms with E-state index >= 15 is 0 Å². The molecule has 3 rings (SSSR count). The second-order valence-electron chi connectivity index (χ2n) is 5.56. The zero-order chi connectivity index (χ0) is 19.2. The number of benzene rings is 2. The first-order valence-electron chi connectivity index (χ1n) is 7.89. The number of hydrogen-bond donors (Lipinski definition) is 2. The number of rotatable bonds is 5. The van der Waals surface area contributed by atoms with E-state index in [0.29, 0.717) is 20.9 Å². The number of carbonyl (C=O) groups is 2. The topological polar surface area (TPSA) is 82.9 Å². The first-order valence-corrected chi connectivity index (χ1v) is 9.53. The number of halogens is 2. The quantitative estimate of drug-likeness (QED) is 0.567. The Hall–Kier alpha value is -2.35. The highest BCUT2D eigenvalue weighted by atomic mass is 35.5. The van der Waals surface area contributed by atoms with Gasteiger partial charge >= 0.3 is 0 Å². The van der Waals surface area contributed by atoms with E-state index in [1.807, 2.05) is 0 Å². The van der Waals surface area contributed by atoms with E-state index in [9.17, 15) is 9.59 Å². The summed E-state index contributed by atoms with van der Waals surface area (Å²) in [4.78, 5) is 24.1. The Morgan fingerprint density at radius 3 is 2.70 bits per heavy atom. The highest BCUT2D eigenvalue weighted by molar-refractivity contribution is 8.15. The van der Waals surface area contributed by atoms with Crippen LogP contribution in [0.1, 0.15) is 12.0 Å². The van der Waals surface area contributed by atoms with Crippen molar-refractivity contribution in [2.45, 2.75) is 11.7 Å². The molecule has 1 aliphatic rings. The maximum atomic E-state index is 12.1. The van der Waals surface area contributed by atoms with Crippen LogP contribution in [0.2, 0.25) is 10.0 Å². The van der Waals surface area contributed by atoms with Crippen molar-refractivity contribution in [3.05, 3.63) is 64.1 Å². The van der Waals surface area contributed by atoms with E-state index in [1.54, 1.807) is 54.7 Å². The molecule has 0 aromatic heterocycles. The smallest absolute Gasteiger partial charge is 0.240 e. The van der Waals surface area contributed by atoms with E-state index in [2.05, 4.69) is 20.8 Å². The molecule has 0 aliphatic carbocycles. The number of hydrogen-bond acceptors (Lipinski definition) is 5. The average molecular weight is 421 g/mol. The Bertz CT molecular complexity index is 916. The minimum absolute atomic E-state index is 0.0168. The van der Waals surface area contributed by atoms with Crippen LogP contribution in [0.3, 0.4) is 0 Å². The lowest BCUT2D eigenvalue weighted by Crippen LogP contribution is -2.28. The fraction of sp³-hybridized carbons (Fsp3) is 0.111. The average Bonchev–Trinajstić information content (AvgIpc) is 2.96. The summed E-state index contributed by atoms with van der Waals surface area (Å²) in [5.41, 5.74) is 1.41. The summed E-state index contributed by atoms with van der Waals surface area (Å²) in [6.45, 7) is 0. The lowest BCUT2D eigenvalue weighted by Gasteiger charge is -2.07. The van der Waals surface area contributed by atoms with Gasteiger partial charge in [0, 0.05) is 22.2 Å². The summed E-state index contributed by atoms with van der Waals surface area (Å²) in [5.74, 6) is -0.558. The van der Waals surface area contributed by atoms with Crippen molar-refractivity contribution in [3.8, 4) is 0 Å². The number of nitrogens with zero attached hydrogens (tertiary/aromatic N) is 2. The van der Waals surface area contributed by atoms with Gasteiger partial charge < -0.3 is 10.6 Å². The minimum Gasteiger partial charge on any atom is -0.326 e. The first-order chi connectivity index (χ1) is 13.0. The van der Waals surface area contributed by atoms with Gasteiger partial charge in [-0.05, 0) is 35.9 Å². The molecule has 0 bridgehead atoms. The lowest BCUT2D eigenvalue weighted by atomic mass is 10.2. The molecule has 2 amide bonds. The molecule has 2 aromatic rings. The summed E-state index contributed by atoms with van der Waals surface area (Å²) in [6.07, 6.45) is 1.57. The number of thioether (sulfide) groups is 1. The molecule has 9 heteroatoms. The van der Waals surface area contributed by atoms with E-state index in [1.165, 1.54) is 11.8 Å². The molecule has 1 atom stereocenters. The zero-order valence-corrected chi connectivity index (χ0v) is 16.2. The number of amidine groups is 1. The normalized spacial score (nSPS) is 18.1. The van der Waals surface area contributed by atoms with Crippen molar-refractivity contribution in [1.82, 2.24) is 5.32 Å². The second kappa shape index (κ2) is 9.03. The fourth-order valence-corrected chi connectivity index (χ4v) is 3.47. The summed E-state index contributed by atoms with van der Waals surface area (Å²) < 4.78 is 0. The Morgan fingerprint density at radius 1 is 1.19 bits per heavy atom. The zero-order valence-electron chi connectivity index (χ0n) is 13.9. The Morgan fingerprint density at radius 2 is 1.96 bits per heavy atom. The van der Waals surface area contributed by atoms with E-state index < -0.39 is 5.25 Å². The van der Waals surface area contributed by atoms with Gasteiger partial charge in [0.15, 0.2) is 5.17 Å². The predicted octanol–water partition coefficient (Wildman–Crippen LogP) is 3.94. The van der Waals surface area contributed by atoms with E-state index in [4.69, 9.17) is 23.2 Å². The Kier molecular flexibility index (Phi) is 6.49. The number of nitrogens with one attached hydrogen (secondary N) is 2. The van der Waals surface area contributed by atoms with E-state index in [-0.39, 0.29) is 18.2 Å². The molecule has 1 saturated heterocycles. The second-order valence-corrected chi connectivity index (χ2v) is 7.62. The van der Waals surface area contributed by atoms with Gasteiger partial charge in [0.25, 0.3) is 0 Å². The molecule has 0 spiro atoms. The highest BCUT2D eigenvalue weighted by Gasteiger charge is 2.32. The van der Waals surface area contributed by atoms with Gasteiger partial charge in [-0.2, -0.15) is 5.10 Å². The van der Waals surface area contributed by atoms with Crippen molar-refractivity contribution in [2.75, 3.05) is 5.32 Å². The van der Waals surface area contributed by atoms with Crippen LogP contribution in [0.15, 0.2) is 58.7 Å². The minimum atomic E-state index is -0.561. The van der Waals surface area contributed by atoms with Gasteiger partial charge in [-0.3, -0.25) is 9.59 Å². The molecule has 1 heterocycles. The largest absolute Gasteiger partial charge is 0.326 e. The van der Waals surface area contributed by atoms with Crippen LogP contribution in [0.4, 0.5) is 5.69 Å². The molecule has 1 unspecified atom stereocenters. The number of carbonyl (C=O) groups excluding carboxylic acids is 2. The van der Waals surface area contributed by atoms with Crippen molar-refractivity contribution in [3.63, 3.8) is 0 Å². The van der Waals surface area contributed by atoms with Gasteiger partial charge in [-0.25, -0.2) is 0 Å². The molecule has 6 nitrogen and oxygen atoms in total. The maximum absolute atomic E-state index is 12.1. The van der Waals surface area contributed by atoms with Crippen LogP contribution in [0, 0.1) is 0 Å². The number of anilines is 1. The van der Waals surface area contributed by atoms with Crippen LogP contribution in [0.25, 0.3) is 0 Å². The van der Waals surface area contributed by atoms with Crippen LogP contribution in [0.5, 0.6) is 0 Å². The van der Waals surface area contributed by atoms with Crippen molar-refractivity contribution < 1.29 is 9.59 Å². The van der Waals surface area contributed by atoms with Gasteiger partial charge in [0.1, 0.15) is 5.25 Å². The van der Waals surface area contributed by atoms with Gasteiger partial charge in [0.05, 0.1) is 6.21 Å². The third-order valence-corrected chi connectivity index (χ3v) is 5.04. The summed E-state index contributed by atoms with van der Waals surface area (Å²) in [5, 5.41) is 14.2. The van der Waals surface area contributed by atoms with Crippen molar-refractivity contribution in [1.29, 1.82) is 0 Å². The van der Waals surface area contributed by atoms with E-state index in [0.717, 1.165) is 5.56 Å². The molecule has 2 aromatic carbocycles. The lowest BCUT2D eigenvalue weighted by molar-refractivity contribution is -0.122. The fourth-order valence-electron chi connectivity index (χ4n) is 2.23. The van der Waals surface area contributed by atoms with Gasteiger partial charge in [0.2, 0.25) is 11.8 Å². The maximum Gasteiger partial charge on any atom is 0.240 e. The number of amides is 2. The highest BCUT2D eigenvalue weighted by Crippen LogP contribution is 2.23. The monoisotopic (exact) mass is 420 g/mol.